The molecule has 0 bridgehead atoms. The van der Waals surface area contributed by atoms with Crippen LogP contribution in [-0.4, -0.2) is 30.2 Å². The van der Waals surface area contributed by atoms with Gasteiger partial charge < -0.3 is 16.2 Å². The number of aliphatic carboxylic acids is 1. The van der Waals surface area contributed by atoms with Crippen LogP contribution in [-0.2, 0) is 11.2 Å². The average Bonchev–Trinajstić information content (AvgIpc) is 2.30. The molecule has 0 radical (unpaired) electrons. The highest BCUT2D eigenvalue weighted by Crippen LogP contribution is 2.10. The van der Waals surface area contributed by atoms with E-state index in [0.29, 0.717) is 13.0 Å². The topological polar surface area (TPSA) is 75.3 Å². The van der Waals surface area contributed by atoms with Gasteiger partial charge in [0, 0.05) is 4.47 Å². The molecule has 4 N–H and O–H groups in total. The minimum atomic E-state index is -0.945. The number of benzene rings is 1. The lowest BCUT2D eigenvalue weighted by Gasteiger charge is -2.07. The number of carboxylic acids is 1. The van der Waals surface area contributed by atoms with Gasteiger partial charge in [0.15, 0.2) is 0 Å². The predicted molar refractivity (Wildman–Crippen MR) is 70.9 cm³/mol. The van der Waals surface area contributed by atoms with E-state index in [-0.39, 0.29) is 0 Å². The normalized spacial score (nSPS) is 12.4. The molecule has 1 rings (SSSR count). The van der Waals surface area contributed by atoms with Crippen LogP contribution in [0.4, 0.5) is 0 Å². The molecule has 94 valence electrons. The molecule has 0 aliphatic rings. The second kappa shape index (κ2) is 7.42. The van der Waals surface area contributed by atoms with Gasteiger partial charge in [-0.1, -0.05) is 28.1 Å². The van der Waals surface area contributed by atoms with Crippen LogP contribution in [0.2, 0.25) is 0 Å². The Balaban J connectivity index is 2.12. The van der Waals surface area contributed by atoms with Gasteiger partial charge in [0.05, 0.1) is 0 Å². The molecule has 5 heteroatoms. The van der Waals surface area contributed by atoms with Crippen molar-refractivity contribution >= 4 is 21.9 Å². The summed E-state index contributed by atoms with van der Waals surface area (Å²) in [5.41, 5.74) is 6.63. The van der Waals surface area contributed by atoms with Crippen molar-refractivity contribution in [1.29, 1.82) is 0 Å². The van der Waals surface area contributed by atoms with Gasteiger partial charge in [-0.2, -0.15) is 0 Å². The lowest BCUT2D eigenvalue weighted by molar-refractivity contribution is -0.138. The van der Waals surface area contributed by atoms with Crippen molar-refractivity contribution in [3.05, 3.63) is 34.3 Å². The van der Waals surface area contributed by atoms with Gasteiger partial charge in [-0.25, -0.2) is 0 Å². The summed E-state index contributed by atoms with van der Waals surface area (Å²) in [6.07, 6.45) is 1.38. The quantitative estimate of drug-likeness (QED) is 0.665. The molecule has 0 saturated heterocycles. The largest absolute Gasteiger partial charge is 0.480 e. The summed E-state index contributed by atoms with van der Waals surface area (Å²) in [7, 11) is 0. The van der Waals surface area contributed by atoms with Crippen molar-refractivity contribution in [1.82, 2.24) is 5.32 Å². The standard InChI is InChI=1S/C12H17BrN2O2/c13-10-3-1-9(2-4-10)5-7-15-8-6-11(14)12(16)17/h1-4,11,15H,5-8,14H2,(H,16,17). The summed E-state index contributed by atoms with van der Waals surface area (Å²) in [4.78, 5) is 10.5. The number of carbonyl (C=O) groups is 1. The van der Waals surface area contributed by atoms with Crippen molar-refractivity contribution in [3.8, 4) is 0 Å². The van der Waals surface area contributed by atoms with Crippen molar-refractivity contribution in [2.75, 3.05) is 13.1 Å². The van der Waals surface area contributed by atoms with Crippen LogP contribution in [0.5, 0.6) is 0 Å². The fraction of sp³-hybridized carbons (Fsp3) is 0.417. The Morgan fingerprint density at radius 3 is 2.59 bits per heavy atom. The first-order valence-corrected chi connectivity index (χ1v) is 6.32. The van der Waals surface area contributed by atoms with Crippen molar-refractivity contribution in [2.24, 2.45) is 5.73 Å². The maximum Gasteiger partial charge on any atom is 0.320 e. The maximum absolute atomic E-state index is 10.5. The van der Waals surface area contributed by atoms with E-state index in [1.54, 1.807) is 0 Å². The van der Waals surface area contributed by atoms with Gasteiger partial charge in [-0.3, -0.25) is 4.79 Å². The first-order valence-electron chi connectivity index (χ1n) is 5.53. The zero-order chi connectivity index (χ0) is 12.7. The molecule has 0 amide bonds. The molecule has 0 spiro atoms. The van der Waals surface area contributed by atoms with Gasteiger partial charge in [0.25, 0.3) is 0 Å². The van der Waals surface area contributed by atoms with Gasteiger partial charge in [-0.15, -0.1) is 0 Å². The Kier molecular flexibility index (Phi) is 6.18. The molecule has 17 heavy (non-hydrogen) atoms. The number of nitrogens with one attached hydrogen (secondary N) is 1. The van der Waals surface area contributed by atoms with E-state index in [1.807, 2.05) is 12.1 Å². The van der Waals surface area contributed by atoms with Crippen LogP contribution < -0.4 is 11.1 Å². The van der Waals surface area contributed by atoms with E-state index in [9.17, 15) is 4.79 Å². The highest BCUT2D eigenvalue weighted by atomic mass is 79.9. The van der Waals surface area contributed by atoms with Crippen LogP contribution >= 0.6 is 15.9 Å². The number of hydrogen-bond acceptors (Lipinski definition) is 3. The summed E-state index contributed by atoms with van der Waals surface area (Å²) in [6.45, 7) is 1.46. The van der Waals surface area contributed by atoms with Crippen LogP contribution in [0.25, 0.3) is 0 Å². The smallest absolute Gasteiger partial charge is 0.320 e. The fourth-order valence-corrected chi connectivity index (χ4v) is 1.65. The van der Waals surface area contributed by atoms with E-state index in [0.717, 1.165) is 17.4 Å². The second-order valence-electron chi connectivity index (χ2n) is 3.86. The Labute approximate surface area is 109 Å². The predicted octanol–water partition coefficient (Wildman–Crippen LogP) is 1.38. The summed E-state index contributed by atoms with van der Waals surface area (Å²) in [6, 6.07) is 7.38. The third-order valence-electron chi connectivity index (χ3n) is 2.45. The lowest BCUT2D eigenvalue weighted by Crippen LogP contribution is -2.34. The zero-order valence-electron chi connectivity index (χ0n) is 9.53. The van der Waals surface area contributed by atoms with Gasteiger partial charge >= 0.3 is 5.97 Å². The molecule has 1 aromatic rings. The number of hydrogen-bond donors (Lipinski definition) is 3. The molecular formula is C12H17BrN2O2. The highest BCUT2D eigenvalue weighted by Gasteiger charge is 2.09. The third kappa shape index (κ3) is 5.81. The van der Waals surface area contributed by atoms with E-state index in [1.165, 1.54) is 5.56 Å². The molecular weight excluding hydrogens is 284 g/mol. The lowest BCUT2D eigenvalue weighted by atomic mass is 10.1. The van der Waals surface area contributed by atoms with Crippen LogP contribution in [0.1, 0.15) is 12.0 Å². The molecule has 0 aromatic heterocycles. The minimum absolute atomic E-state index is 0.454. The van der Waals surface area contributed by atoms with Gasteiger partial charge in [0.2, 0.25) is 0 Å². The highest BCUT2D eigenvalue weighted by molar-refractivity contribution is 9.10. The van der Waals surface area contributed by atoms with E-state index >= 15 is 0 Å². The number of nitrogens with two attached hydrogens (primary N) is 1. The number of rotatable bonds is 7. The summed E-state index contributed by atoms with van der Waals surface area (Å²) < 4.78 is 1.07. The molecule has 0 fully saturated rings. The number of halogens is 1. The fourth-order valence-electron chi connectivity index (χ4n) is 1.39. The first kappa shape index (κ1) is 14.2. The van der Waals surface area contributed by atoms with Gasteiger partial charge in [-0.05, 0) is 43.6 Å². The minimum Gasteiger partial charge on any atom is -0.480 e. The van der Waals surface area contributed by atoms with Gasteiger partial charge in [0.1, 0.15) is 6.04 Å². The number of carboxylic acid groups (broad SMARTS) is 1. The van der Waals surface area contributed by atoms with E-state index in [2.05, 4.69) is 33.4 Å². The van der Waals surface area contributed by atoms with Crippen LogP contribution in [0, 0.1) is 0 Å². The van der Waals surface area contributed by atoms with E-state index < -0.39 is 12.0 Å². The van der Waals surface area contributed by atoms with Crippen molar-refractivity contribution in [2.45, 2.75) is 18.9 Å². The van der Waals surface area contributed by atoms with Crippen molar-refractivity contribution < 1.29 is 9.90 Å². The summed E-state index contributed by atoms with van der Waals surface area (Å²) in [5, 5.41) is 11.8. The SMILES string of the molecule is NC(CCNCCc1ccc(Br)cc1)C(=O)O. The third-order valence-corrected chi connectivity index (χ3v) is 2.98. The Hall–Kier alpha value is -0.910. The van der Waals surface area contributed by atoms with Crippen LogP contribution in [0.3, 0.4) is 0 Å². The molecule has 0 saturated carbocycles. The second-order valence-corrected chi connectivity index (χ2v) is 4.78. The molecule has 0 aliphatic heterocycles. The Morgan fingerprint density at radius 2 is 2.00 bits per heavy atom. The molecule has 4 nitrogen and oxygen atoms in total. The molecule has 0 aliphatic carbocycles. The molecule has 0 heterocycles. The van der Waals surface area contributed by atoms with E-state index in [4.69, 9.17) is 10.8 Å². The molecule has 1 unspecified atom stereocenters. The van der Waals surface area contributed by atoms with Crippen molar-refractivity contribution in [3.63, 3.8) is 0 Å². The Bertz CT molecular complexity index is 354. The monoisotopic (exact) mass is 300 g/mol. The first-order chi connectivity index (χ1) is 8.09. The Morgan fingerprint density at radius 1 is 1.35 bits per heavy atom. The summed E-state index contributed by atoms with van der Waals surface area (Å²) in [5.74, 6) is -0.945. The molecule has 1 aromatic carbocycles. The average molecular weight is 301 g/mol. The molecule has 1 atom stereocenters. The zero-order valence-corrected chi connectivity index (χ0v) is 11.1. The maximum atomic E-state index is 10.5. The van der Waals surface area contributed by atoms with Crippen LogP contribution in [0.15, 0.2) is 28.7 Å². The summed E-state index contributed by atoms with van der Waals surface area (Å²) >= 11 is 3.38.